The van der Waals surface area contributed by atoms with E-state index >= 15 is 0 Å². The first-order valence-electron chi connectivity index (χ1n) is 10.3. The summed E-state index contributed by atoms with van der Waals surface area (Å²) >= 11 is 7.57. The zero-order valence-electron chi connectivity index (χ0n) is 17.1. The standard InChI is InChI=1S/C23H20ClN5O2S/c24-16-8-6-7-15(13-16)21(30)28-23-27-19-20(29(23)18-11-4-5-12-31-18)25-14-26-22(19)32-17-9-2-1-3-10-17/h1-3,6-10,13-14,18H,4-5,11-12H2,(H,27,28,30). The predicted molar refractivity (Wildman–Crippen MR) is 124 cm³/mol. The quantitative estimate of drug-likeness (QED) is 0.387. The Labute approximate surface area is 194 Å². The van der Waals surface area contributed by atoms with Gasteiger partial charge in [-0.25, -0.2) is 15.0 Å². The van der Waals surface area contributed by atoms with E-state index in [2.05, 4.69) is 15.3 Å². The maximum absolute atomic E-state index is 12.9. The molecule has 162 valence electrons. The number of ether oxygens (including phenoxy) is 1. The van der Waals surface area contributed by atoms with Gasteiger partial charge in [0.05, 0.1) is 0 Å². The normalized spacial score (nSPS) is 16.2. The van der Waals surface area contributed by atoms with Gasteiger partial charge in [0.1, 0.15) is 23.1 Å². The summed E-state index contributed by atoms with van der Waals surface area (Å²) in [7, 11) is 0. The van der Waals surface area contributed by atoms with E-state index in [0.29, 0.717) is 39.3 Å². The third-order valence-corrected chi connectivity index (χ3v) is 6.39. The first-order valence-corrected chi connectivity index (χ1v) is 11.5. The fourth-order valence-corrected chi connectivity index (χ4v) is 4.69. The summed E-state index contributed by atoms with van der Waals surface area (Å²) in [6.07, 6.45) is 4.13. The number of rotatable bonds is 5. The van der Waals surface area contributed by atoms with E-state index in [4.69, 9.17) is 21.3 Å². The van der Waals surface area contributed by atoms with E-state index in [-0.39, 0.29) is 12.1 Å². The molecular weight excluding hydrogens is 446 g/mol. The molecule has 3 heterocycles. The number of hydrogen-bond donors (Lipinski definition) is 1. The van der Waals surface area contributed by atoms with Crippen molar-refractivity contribution in [1.29, 1.82) is 0 Å². The highest BCUT2D eigenvalue weighted by atomic mass is 35.5. The Kier molecular flexibility index (Phi) is 6.07. The minimum atomic E-state index is -0.301. The maximum Gasteiger partial charge on any atom is 0.258 e. The number of nitrogens with zero attached hydrogens (tertiary/aromatic N) is 4. The lowest BCUT2D eigenvalue weighted by Crippen LogP contribution is -2.22. The van der Waals surface area contributed by atoms with Gasteiger partial charge in [-0.2, -0.15) is 0 Å². The fraction of sp³-hybridized carbons (Fsp3) is 0.217. The Morgan fingerprint density at radius 3 is 2.78 bits per heavy atom. The first-order chi connectivity index (χ1) is 15.7. The zero-order valence-corrected chi connectivity index (χ0v) is 18.6. The van der Waals surface area contributed by atoms with E-state index in [1.807, 2.05) is 34.9 Å². The number of fused-ring (bicyclic) bond motifs is 1. The Morgan fingerprint density at radius 2 is 2.00 bits per heavy atom. The lowest BCUT2D eigenvalue weighted by Gasteiger charge is -2.25. The highest BCUT2D eigenvalue weighted by Gasteiger charge is 2.26. The average Bonchev–Trinajstić information content (AvgIpc) is 3.19. The van der Waals surface area contributed by atoms with Gasteiger partial charge < -0.3 is 4.74 Å². The second kappa shape index (κ2) is 9.28. The molecule has 0 saturated carbocycles. The molecule has 1 unspecified atom stereocenters. The highest BCUT2D eigenvalue weighted by molar-refractivity contribution is 7.99. The minimum absolute atomic E-state index is 0.257. The van der Waals surface area contributed by atoms with Gasteiger partial charge in [0, 0.05) is 22.1 Å². The fourth-order valence-electron chi connectivity index (χ4n) is 3.65. The summed E-state index contributed by atoms with van der Waals surface area (Å²) in [6, 6.07) is 16.8. The predicted octanol–water partition coefficient (Wildman–Crippen LogP) is 5.58. The van der Waals surface area contributed by atoms with Crippen LogP contribution < -0.4 is 5.32 Å². The number of halogens is 1. The topological polar surface area (TPSA) is 81.9 Å². The molecule has 0 radical (unpaired) electrons. The third kappa shape index (κ3) is 4.34. The molecule has 4 aromatic rings. The highest BCUT2D eigenvalue weighted by Crippen LogP contribution is 2.35. The number of imidazole rings is 1. The summed E-state index contributed by atoms with van der Waals surface area (Å²) in [5.74, 6) is 0.0809. The van der Waals surface area contributed by atoms with Crippen LogP contribution in [0.2, 0.25) is 5.02 Å². The number of carbonyl (C=O) groups is 1. The Balaban J connectivity index is 1.57. The van der Waals surface area contributed by atoms with E-state index in [1.54, 1.807) is 24.3 Å². The van der Waals surface area contributed by atoms with Gasteiger partial charge in [0.25, 0.3) is 5.91 Å². The van der Waals surface area contributed by atoms with Crippen molar-refractivity contribution < 1.29 is 9.53 Å². The van der Waals surface area contributed by atoms with Crippen molar-refractivity contribution in [2.24, 2.45) is 0 Å². The van der Waals surface area contributed by atoms with Crippen LogP contribution in [-0.4, -0.2) is 32.0 Å². The Hall–Kier alpha value is -2.94. The molecule has 1 saturated heterocycles. The maximum atomic E-state index is 12.9. The van der Waals surface area contributed by atoms with Gasteiger partial charge >= 0.3 is 0 Å². The number of anilines is 1. The van der Waals surface area contributed by atoms with Crippen LogP contribution in [0.5, 0.6) is 0 Å². The molecule has 7 nitrogen and oxygen atoms in total. The van der Waals surface area contributed by atoms with Crippen molar-refractivity contribution in [1.82, 2.24) is 19.5 Å². The summed E-state index contributed by atoms with van der Waals surface area (Å²) in [5.41, 5.74) is 1.70. The van der Waals surface area contributed by atoms with Crippen LogP contribution in [0.1, 0.15) is 35.8 Å². The lowest BCUT2D eigenvalue weighted by atomic mass is 10.2. The van der Waals surface area contributed by atoms with Crippen molar-refractivity contribution in [2.75, 3.05) is 11.9 Å². The van der Waals surface area contributed by atoms with Crippen molar-refractivity contribution in [3.8, 4) is 0 Å². The number of carbonyl (C=O) groups excluding carboxylic acids is 1. The van der Waals surface area contributed by atoms with E-state index in [1.165, 1.54) is 18.1 Å². The van der Waals surface area contributed by atoms with Crippen LogP contribution in [-0.2, 0) is 4.74 Å². The number of aromatic nitrogens is 4. The van der Waals surface area contributed by atoms with Crippen molar-refractivity contribution >= 4 is 46.4 Å². The van der Waals surface area contributed by atoms with Crippen LogP contribution >= 0.6 is 23.4 Å². The van der Waals surface area contributed by atoms with Crippen LogP contribution in [0.15, 0.2) is 70.8 Å². The number of nitrogens with one attached hydrogen (secondary N) is 1. The van der Waals surface area contributed by atoms with Gasteiger partial charge in [-0.05, 0) is 49.6 Å². The van der Waals surface area contributed by atoms with Crippen LogP contribution in [0.3, 0.4) is 0 Å². The van der Waals surface area contributed by atoms with Crippen molar-refractivity contribution in [3.05, 3.63) is 71.5 Å². The molecule has 1 amide bonds. The van der Waals surface area contributed by atoms with Crippen molar-refractivity contribution in [3.63, 3.8) is 0 Å². The Bertz CT molecular complexity index is 1260. The van der Waals surface area contributed by atoms with Gasteiger partial charge in [-0.3, -0.25) is 14.7 Å². The van der Waals surface area contributed by atoms with Gasteiger partial charge in [-0.1, -0.05) is 47.6 Å². The minimum Gasteiger partial charge on any atom is -0.358 e. The van der Waals surface area contributed by atoms with Gasteiger partial charge in [-0.15, -0.1) is 0 Å². The zero-order chi connectivity index (χ0) is 21.9. The largest absolute Gasteiger partial charge is 0.358 e. The second-order valence-corrected chi connectivity index (χ2v) is 8.86. The monoisotopic (exact) mass is 465 g/mol. The first kappa shape index (κ1) is 20.9. The molecule has 1 aliphatic heterocycles. The smallest absolute Gasteiger partial charge is 0.258 e. The summed E-state index contributed by atoms with van der Waals surface area (Å²) in [6.45, 7) is 0.655. The summed E-state index contributed by atoms with van der Waals surface area (Å²) in [4.78, 5) is 27.7. The van der Waals surface area contributed by atoms with E-state index in [9.17, 15) is 4.79 Å². The lowest BCUT2D eigenvalue weighted by molar-refractivity contribution is -0.0285. The summed E-state index contributed by atoms with van der Waals surface area (Å²) < 4.78 is 7.89. The molecule has 2 aromatic heterocycles. The van der Waals surface area contributed by atoms with E-state index in [0.717, 1.165) is 24.2 Å². The summed E-state index contributed by atoms with van der Waals surface area (Å²) in [5, 5.41) is 4.14. The van der Waals surface area contributed by atoms with Gasteiger partial charge in [0.15, 0.2) is 5.65 Å². The van der Waals surface area contributed by atoms with Crippen LogP contribution in [0.4, 0.5) is 5.95 Å². The molecule has 5 rings (SSSR count). The molecule has 1 N–H and O–H groups in total. The molecule has 1 aliphatic rings. The third-order valence-electron chi connectivity index (χ3n) is 5.16. The molecule has 1 fully saturated rings. The molecule has 32 heavy (non-hydrogen) atoms. The van der Waals surface area contributed by atoms with Crippen LogP contribution in [0, 0.1) is 0 Å². The molecule has 9 heteroatoms. The van der Waals surface area contributed by atoms with Crippen molar-refractivity contribution in [2.45, 2.75) is 35.4 Å². The number of hydrogen-bond acceptors (Lipinski definition) is 6. The Morgan fingerprint density at radius 1 is 1.12 bits per heavy atom. The SMILES string of the molecule is O=C(Nc1nc2c(Sc3ccccc3)ncnc2n1C1CCCCO1)c1cccc(Cl)c1. The number of benzene rings is 2. The number of amides is 1. The van der Waals surface area contributed by atoms with Gasteiger partial charge in [0.2, 0.25) is 5.95 Å². The second-order valence-electron chi connectivity index (χ2n) is 7.36. The van der Waals surface area contributed by atoms with E-state index < -0.39 is 0 Å². The molecule has 0 aliphatic carbocycles. The molecule has 1 atom stereocenters. The molecular formula is C23H20ClN5O2S. The molecule has 0 bridgehead atoms. The average molecular weight is 466 g/mol. The molecule has 2 aromatic carbocycles. The van der Waals surface area contributed by atoms with Crippen LogP contribution in [0.25, 0.3) is 11.2 Å². The molecule has 0 spiro atoms.